The Kier molecular flexibility index (Phi) is 6.73. The maximum atomic E-state index is 11.6. The van der Waals surface area contributed by atoms with Gasteiger partial charge in [0.2, 0.25) is 0 Å². The van der Waals surface area contributed by atoms with E-state index < -0.39 is 23.7 Å². The van der Waals surface area contributed by atoms with Crippen LogP contribution in [0.2, 0.25) is 0 Å². The molecular weight excluding hydrogens is 234 g/mol. The Morgan fingerprint density at radius 2 is 1.72 bits per heavy atom. The number of hydrogen-bond acceptors (Lipinski definition) is 4. The predicted octanol–water partition coefficient (Wildman–Crippen LogP) is 2.49. The Balaban J connectivity index is 4.40. The van der Waals surface area contributed by atoms with Gasteiger partial charge in [-0.3, -0.25) is 0 Å². The van der Waals surface area contributed by atoms with Gasteiger partial charge in [-0.1, -0.05) is 13.8 Å². The Hall–Kier alpha value is -1.26. The zero-order chi connectivity index (χ0) is 14.3. The zero-order valence-electron chi connectivity index (χ0n) is 12.2. The maximum Gasteiger partial charge on any atom is 0.408 e. The molecule has 0 unspecified atom stereocenters. The van der Waals surface area contributed by atoms with Crippen LogP contribution in [0.1, 0.15) is 47.5 Å². The average Bonchev–Trinajstić information content (AvgIpc) is 2.20. The summed E-state index contributed by atoms with van der Waals surface area (Å²) in [5.74, 6) is 0.0131. The largest absolute Gasteiger partial charge is 0.467 e. The van der Waals surface area contributed by atoms with Gasteiger partial charge >= 0.3 is 12.1 Å². The molecule has 0 spiro atoms. The minimum Gasteiger partial charge on any atom is -0.467 e. The normalized spacial score (nSPS) is 13.1. The van der Waals surface area contributed by atoms with Crippen molar-refractivity contribution in [2.24, 2.45) is 5.92 Å². The molecule has 0 aromatic heterocycles. The van der Waals surface area contributed by atoms with Gasteiger partial charge in [0.25, 0.3) is 0 Å². The summed E-state index contributed by atoms with van der Waals surface area (Å²) in [5.41, 5.74) is -0.581. The number of esters is 1. The van der Waals surface area contributed by atoms with Crippen LogP contribution in [0.3, 0.4) is 0 Å². The van der Waals surface area contributed by atoms with Gasteiger partial charge in [-0.2, -0.15) is 0 Å². The fraction of sp³-hybridized carbons (Fsp3) is 0.846. The first-order valence-corrected chi connectivity index (χ1v) is 6.23. The number of alkyl carbamates (subject to hydrolysis) is 1. The maximum absolute atomic E-state index is 11.6. The van der Waals surface area contributed by atoms with Crippen LogP contribution in [0.25, 0.3) is 0 Å². The van der Waals surface area contributed by atoms with Crippen molar-refractivity contribution >= 4 is 12.1 Å². The Morgan fingerprint density at radius 3 is 2.11 bits per heavy atom. The van der Waals surface area contributed by atoms with Crippen molar-refractivity contribution in [2.45, 2.75) is 59.1 Å². The molecule has 0 rings (SSSR count). The fourth-order valence-electron chi connectivity index (χ4n) is 1.34. The first kappa shape index (κ1) is 16.7. The van der Waals surface area contributed by atoms with Crippen molar-refractivity contribution < 1.29 is 19.1 Å². The summed E-state index contributed by atoms with van der Waals surface area (Å²) in [6, 6.07) is -0.646. The van der Waals surface area contributed by atoms with Crippen LogP contribution in [0.5, 0.6) is 0 Å². The zero-order valence-corrected chi connectivity index (χ0v) is 12.2. The molecule has 0 bridgehead atoms. The van der Waals surface area contributed by atoms with Gasteiger partial charge in [0.15, 0.2) is 0 Å². The molecule has 18 heavy (non-hydrogen) atoms. The first-order chi connectivity index (χ1) is 8.15. The highest BCUT2D eigenvalue weighted by atomic mass is 16.6. The van der Waals surface area contributed by atoms with Crippen molar-refractivity contribution in [1.29, 1.82) is 0 Å². The molecule has 106 valence electrons. The monoisotopic (exact) mass is 259 g/mol. The molecule has 1 N–H and O–H groups in total. The van der Waals surface area contributed by atoms with Crippen molar-refractivity contribution in [2.75, 3.05) is 7.11 Å². The standard InChI is InChI=1S/C13H25NO4/c1-9(2)7-8-10(11(15)17-6)14-12(16)18-13(3,4)5/h9-10H,7-8H2,1-6H3,(H,14,16)/t10-/m0/s1. The third-order valence-corrected chi connectivity index (χ3v) is 2.21. The van der Waals surface area contributed by atoms with E-state index in [1.165, 1.54) is 7.11 Å². The number of hydrogen-bond donors (Lipinski definition) is 1. The fourth-order valence-corrected chi connectivity index (χ4v) is 1.34. The van der Waals surface area contributed by atoms with E-state index in [-0.39, 0.29) is 0 Å². The molecule has 0 aromatic carbocycles. The molecule has 0 aromatic rings. The Bertz CT molecular complexity index is 281. The number of carbonyl (C=O) groups excluding carboxylic acids is 2. The van der Waals surface area contributed by atoms with Crippen molar-refractivity contribution in [3.8, 4) is 0 Å². The third kappa shape index (κ3) is 7.92. The second-order valence-electron chi connectivity index (χ2n) is 5.69. The molecular formula is C13H25NO4. The molecule has 0 aliphatic carbocycles. The van der Waals surface area contributed by atoms with Gasteiger partial charge in [-0.25, -0.2) is 9.59 Å². The van der Waals surface area contributed by atoms with E-state index in [0.717, 1.165) is 6.42 Å². The Labute approximate surface area is 109 Å². The van der Waals surface area contributed by atoms with E-state index in [1.54, 1.807) is 20.8 Å². The highest BCUT2D eigenvalue weighted by Gasteiger charge is 2.24. The molecule has 0 aliphatic heterocycles. The molecule has 1 amide bonds. The number of methoxy groups -OCH3 is 1. The summed E-state index contributed by atoms with van der Waals surface area (Å²) >= 11 is 0. The second kappa shape index (κ2) is 7.24. The van der Waals surface area contributed by atoms with Crippen LogP contribution in [0.4, 0.5) is 4.79 Å². The van der Waals surface area contributed by atoms with E-state index in [9.17, 15) is 9.59 Å². The molecule has 0 aliphatic rings. The molecule has 0 radical (unpaired) electrons. The SMILES string of the molecule is COC(=O)[C@H](CCC(C)C)NC(=O)OC(C)(C)C. The molecule has 1 atom stereocenters. The lowest BCUT2D eigenvalue weighted by molar-refractivity contribution is -0.143. The predicted molar refractivity (Wildman–Crippen MR) is 69.2 cm³/mol. The van der Waals surface area contributed by atoms with Gasteiger partial charge in [0, 0.05) is 0 Å². The molecule has 0 saturated heterocycles. The highest BCUT2D eigenvalue weighted by molar-refractivity contribution is 5.81. The van der Waals surface area contributed by atoms with Crippen molar-refractivity contribution in [1.82, 2.24) is 5.32 Å². The smallest absolute Gasteiger partial charge is 0.408 e. The quantitative estimate of drug-likeness (QED) is 0.770. The molecule has 5 heteroatoms. The van der Waals surface area contributed by atoms with Crippen LogP contribution in [0, 0.1) is 5.92 Å². The minimum absolute atomic E-state index is 0.443. The summed E-state index contributed by atoms with van der Waals surface area (Å²) in [4.78, 5) is 23.1. The van der Waals surface area contributed by atoms with E-state index >= 15 is 0 Å². The highest BCUT2D eigenvalue weighted by Crippen LogP contribution is 2.10. The molecule has 0 saturated carbocycles. The summed E-state index contributed by atoms with van der Waals surface area (Å²) < 4.78 is 9.78. The lowest BCUT2D eigenvalue weighted by Crippen LogP contribution is -2.44. The first-order valence-electron chi connectivity index (χ1n) is 6.23. The minimum atomic E-state index is -0.646. The average molecular weight is 259 g/mol. The van der Waals surface area contributed by atoms with Crippen LogP contribution >= 0.6 is 0 Å². The van der Waals surface area contributed by atoms with E-state index in [4.69, 9.17) is 4.74 Å². The van der Waals surface area contributed by atoms with E-state index in [1.807, 2.05) is 0 Å². The van der Waals surface area contributed by atoms with Gasteiger partial charge in [-0.15, -0.1) is 0 Å². The summed E-state index contributed by atoms with van der Waals surface area (Å²) in [6.07, 6.45) is 0.778. The van der Waals surface area contributed by atoms with Gasteiger partial charge < -0.3 is 14.8 Å². The van der Waals surface area contributed by atoms with Crippen molar-refractivity contribution in [3.05, 3.63) is 0 Å². The van der Waals surface area contributed by atoms with Crippen molar-refractivity contribution in [3.63, 3.8) is 0 Å². The molecule has 0 heterocycles. The van der Waals surface area contributed by atoms with Crippen LogP contribution < -0.4 is 5.32 Å². The van der Waals surface area contributed by atoms with Gasteiger partial charge in [0.1, 0.15) is 11.6 Å². The Morgan fingerprint density at radius 1 is 1.17 bits per heavy atom. The third-order valence-electron chi connectivity index (χ3n) is 2.21. The van der Waals surface area contributed by atoms with Crippen LogP contribution in [-0.2, 0) is 14.3 Å². The lowest BCUT2D eigenvalue weighted by atomic mass is 10.0. The number of nitrogens with one attached hydrogen (secondary N) is 1. The van der Waals surface area contributed by atoms with Crippen LogP contribution in [-0.4, -0.2) is 30.8 Å². The number of ether oxygens (including phenoxy) is 2. The lowest BCUT2D eigenvalue weighted by Gasteiger charge is -2.22. The van der Waals surface area contributed by atoms with E-state index in [0.29, 0.717) is 12.3 Å². The summed E-state index contributed by atoms with van der Waals surface area (Å²) in [7, 11) is 1.31. The number of rotatable bonds is 5. The van der Waals surface area contributed by atoms with Gasteiger partial charge in [0.05, 0.1) is 7.11 Å². The number of amides is 1. The second-order valence-corrected chi connectivity index (χ2v) is 5.69. The summed E-state index contributed by atoms with van der Waals surface area (Å²) in [6.45, 7) is 9.43. The van der Waals surface area contributed by atoms with E-state index in [2.05, 4.69) is 23.9 Å². The molecule has 5 nitrogen and oxygen atoms in total. The topological polar surface area (TPSA) is 64.6 Å². The number of carbonyl (C=O) groups is 2. The molecule has 0 fully saturated rings. The van der Waals surface area contributed by atoms with Gasteiger partial charge in [-0.05, 0) is 39.5 Å². The summed E-state index contributed by atoms with van der Waals surface area (Å²) in [5, 5.41) is 2.54. The van der Waals surface area contributed by atoms with Crippen LogP contribution in [0.15, 0.2) is 0 Å².